The van der Waals surface area contributed by atoms with Crippen molar-refractivity contribution in [3.05, 3.63) is 71.8 Å². The molecule has 152 valence electrons. The molecule has 30 heavy (non-hydrogen) atoms. The number of fused-ring (bicyclic) bond motifs is 1. The smallest absolute Gasteiger partial charge is 0.255 e. The van der Waals surface area contributed by atoms with E-state index in [1.165, 1.54) is 6.07 Å². The molecule has 0 spiro atoms. The zero-order valence-electron chi connectivity index (χ0n) is 16.8. The Hall–Kier alpha value is -3.80. The average molecular weight is 402 g/mol. The zero-order valence-corrected chi connectivity index (χ0v) is 16.8. The number of phenols is 1. The summed E-state index contributed by atoms with van der Waals surface area (Å²) in [6, 6.07) is 17.5. The minimum absolute atomic E-state index is 0.0244. The van der Waals surface area contributed by atoms with Gasteiger partial charge >= 0.3 is 0 Å². The number of anilines is 1. The highest BCUT2D eigenvalue weighted by Gasteiger charge is 2.15. The van der Waals surface area contributed by atoms with E-state index in [1.54, 1.807) is 36.4 Å². The molecule has 1 amide bonds. The summed E-state index contributed by atoms with van der Waals surface area (Å²) in [5.74, 6) is 0.771. The molecule has 0 bridgehead atoms. The van der Waals surface area contributed by atoms with Crippen molar-refractivity contribution in [3.63, 3.8) is 0 Å². The summed E-state index contributed by atoms with van der Waals surface area (Å²) >= 11 is 0. The Morgan fingerprint density at radius 2 is 1.87 bits per heavy atom. The Morgan fingerprint density at radius 3 is 2.60 bits per heavy atom. The van der Waals surface area contributed by atoms with E-state index >= 15 is 0 Å². The van der Waals surface area contributed by atoms with E-state index in [2.05, 4.69) is 17.2 Å². The second kappa shape index (κ2) is 8.29. The van der Waals surface area contributed by atoms with Crippen LogP contribution in [0.3, 0.4) is 0 Å². The number of rotatable bonds is 6. The van der Waals surface area contributed by atoms with Crippen LogP contribution in [-0.2, 0) is 6.42 Å². The molecule has 6 heteroatoms. The molecule has 3 aromatic carbocycles. The molecule has 0 aliphatic carbocycles. The van der Waals surface area contributed by atoms with Crippen LogP contribution in [0.15, 0.2) is 65.1 Å². The minimum atomic E-state index is -0.264. The van der Waals surface area contributed by atoms with Crippen LogP contribution in [0.25, 0.3) is 22.6 Å². The summed E-state index contributed by atoms with van der Waals surface area (Å²) in [5.41, 5.74) is 3.97. The molecule has 4 rings (SSSR count). The first kappa shape index (κ1) is 19.5. The lowest BCUT2D eigenvalue weighted by atomic mass is 10.1. The summed E-state index contributed by atoms with van der Waals surface area (Å²) in [6.45, 7) is 4.55. The van der Waals surface area contributed by atoms with E-state index in [0.717, 1.165) is 17.5 Å². The molecule has 0 aliphatic heterocycles. The number of aryl methyl sites for hydroxylation is 1. The molecule has 2 N–H and O–H groups in total. The van der Waals surface area contributed by atoms with Crippen LogP contribution in [-0.4, -0.2) is 22.6 Å². The van der Waals surface area contributed by atoms with Gasteiger partial charge in [-0.15, -0.1) is 0 Å². The number of hydrogen-bond donors (Lipinski definition) is 2. The van der Waals surface area contributed by atoms with Crippen molar-refractivity contribution < 1.29 is 19.1 Å². The molecule has 1 aromatic heterocycles. The van der Waals surface area contributed by atoms with Gasteiger partial charge in [-0.05, 0) is 73.5 Å². The lowest BCUT2D eigenvalue weighted by Crippen LogP contribution is -2.11. The minimum Gasteiger partial charge on any atom is -0.507 e. The number of aromatic nitrogens is 1. The van der Waals surface area contributed by atoms with E-state index in [1.807, 2.05) is 25.1 Å². The average Bonchev–Trinajstić information content (AvgIpc) is 3.18. The maximum Gasteiger partial charge on any atom is 0.255 e. The summed E-state index contributed by atoms with van der Waals surface area (Å²) in [6.07, 6.45) is 0.899. The Balaban J connectivity index is 1.59. The molecule has 0 unspecified atom stereocenters. The maximum atomic E-state index is 12.6. The van der Waals surface area contributed by atoms with Crippen molar-refractivity contribution >= 4 is 22.7 Å². The molecule has 0 fully saturated rings. The van der Waals surface area contributed by atoms with Gasteiger partial charge in [0.1, 0.15) is 17.0 Å². The van der Waals surface area contributed by atoms with Crippen LogP contribution in [0.5, 0.6) is 11.5 Å². The topological polar surface area (TPSA) is 84.6 Å². The van der Waals surface area contributed by atoms with Crippen molar-refractivity contribution in [1.29, 1.82) is 0 Å². The third kappa shape index (κ3) is 3.98. The van der Waals surface area contributed by atoms with Crippen LogP contribution in [0.2, 0.25) is 0 Å². The fourth-order valence-electron chi connectivity index (χ4n) is 3.17. The lowest BCUT2D eigenvalue weighted by Gasteiger charge is -2.08. The Bertz CT molecular complexity index is 1200. The molecular formula is C24H22N2O4. The van der Waals surface area contributed by atoms with Gasteiger partial charge in [-0.2, -0.15) is 0 Å². The van der Waals surface area contributed by atoms with Crippen LogP contribution < -0.4 is 10.1 Å². The molecule has 4 aromatic rings. The summed E-state index contributed by atoms with van der Waals surface area (Å²) in [4.78, 5) is 17.1. The van der Waals surface area contributed by atoms with Gasteiger partial charge in [0.25, 0.3) is 5.91 Å². The predicted molar refractivity (Wildman–Crippen MR) is 116 cm³/mol. The molecule has 0 aliphatic rings. The summed E-state index contributed by atoms with van der Waals surface area (Å²) in [5, 5.41) is 13.2. The number of oxazole rings is 1. The van der Waals surface area contributed by atoms with Crippen LogP contribution in [0.1, 0.15) is 29.8 Å². The van der Waals surface area contributed by atoms with E-state index < -0.39 is 0 Å². The van der Waals surface area contributed by atoms with Gasteiger partial charge in [0, 0.05) is 11.3 Å². The number of carbonyl (C=O) groups is 1. The van der Waals surface area contributed by atoms with Crippen molar-refractivity contribution in [2.75, 3.05) is 11.9 Å². The molecule has 0 radical (unpaired) electrons. The van der Waals surface area contributed by atoms with E-state index in [9.17, 15) is 9.90 Å². The highest BCUT2D eigenvalue weighted by atomic mass is 16.5. The number of aromatic hydroxyl groups is 1. The standard InChI is InChI=1S/C24H22N2O4/c1-3-15-5-12-22-20(13-15)26-24(30-22)19-14-17(8-11-21(19)27)25-23(28)16-6-9-18(10-7-16)29-4-2/h5-14,27H,3-4H2,1-2H3,(H,25,28). The quantitative estimate of drug-likeness (QED) is 0.421. The predicted octanol–water partition coefficient (Wildman–Crippen LogP) is 5.41. The van der Waals surface area contributed by atoms with Gasteiger partial charge < -0.3 is 19.6 Å². The third-order valence-electron chi connectivity index (χ3n) is 4.77. The number of hydrogen-bond acceptors (Lipinski definition) is 5. The van der Waals surface area contributed by atoms with Crippen LogP contribution >= 0.6 is 0 Å². The second-order valence-electron chi connectivity index (χ2n) is 6.82. The normalized spacial score (nSPS) is 10.9. The fourth-order valence-corrected chi connectivity index (χ4v) is 3.17. The van der Waals surface area contributed by atoms with E-state index in [0.29, 0.717) is 40.6 Å². The zero-order chi connectivity index (χ0) is 21.1. The van der Waals surface area contributed by atoms with Gasteiger partial charge in [-0.3, -0.25) is 4.79 Å². The highest BCUT2D eigenvalue weighted by Crippen LogP contribution is 2.33. The highest BCUT2D eigenvalue weighted by molar-refractivity contribution is 6.04. The molecule has 1 heterocycles. The van der Waals surface area contributed by atoms with E-state index in [-0.39, 0.29) is 11.7 Å². The number of benzene rings is 3. The number of phenolic OH excluding ortho intramolecular Hbond substituents is 1. The van der Waals surface area contributed by atoms with E-state index in [4.69, 9.17) is 9.15 Å². The second-order valence-corrected chi connectivity index (χ2v) is 6.82. The van der Waals surface area contributed by atoms with Crippen molar-refractivity contribution in [3.8, 4) is 23.0 Å². The van der Waals surface area contributed by atoms with Gasteiger partial charge in [0.2, 0.25) is 5.89 Å². The first-order chi connectivity index (χ1) is 14.6. The Labute approximate surface area is 174 Å². The SMILES string of the molecule is CCOc1ccc(C(=O)Nc2ccc(O)c(-c3nc4cc(CC)ccc4o3)c2)cc1. The van der Waals surface area contributed by atoms with Crippen LogP contribution in [0.4, 0.5) is 5.69 Å². The lowest BCUT2D eigenvalue weighted by molar-refractivity contribution is 0.102. The van der Waals surface area contributed by atoms with Gasteiger partial charge in [0.15, 0.2) is 5.58 Å². The van der Waals surface area contributed by atoms with Crippen molar-refractivity contribution in [2.45, 2.75) is 20.3 Å². The monoisotopic (exact) mass is 402 g/mol. The van der Waals surface area contributed by atoms with Gasteiger partial charge in [-0.1, -0.05) is 13.0 Å². The molecular weight excluding hydrogens is 380 g/mol. The van der Waals surface area contributed by atoms with Crippen LogP contribution in [0, 0.1) is 0 Å². The third-order valence-corrected chi connectivity index (χ3v) is 4.77. The number of carbonyl (C=O) groups excluding carboxylic acids is 1. The van der Waals surface area contributed by atoms with Gasteiger partial charge in [0.05, 0.1) is 12.2 Å². The molecule has 0 saturated heterocycles. The van der Waals surface area contributed by atoms with Crippen molar-refractivity contribution in [2.24, 2.45) is 0 Å². The molecule has 0 atom stereocenters. The Kier molecular flexibility index (Phi) is 5.39. The summed E-state index contributed by atoms with van der Waals surface area (Å²) < 4.78 is 11.2. The molecule has 6 nitrogen and oxygen atoms in total. The first-order valence-corrected chi connectivity index (χ1v) is 9.84. The Morgan fingerprint density at radius 1 is 1.07 bits per heavy atom. The first-order valence-electron chi connectivity index (χ1n) is 9.84. The number of nitrogens with zero attached hydrogens (tertiary/aromatic N) is 1. The van der Waals surface area contributed by atoms with Gasteiger partial charge in [-0.25, -0.2) is 4.98 Å². The number of nitrogens with one attached hydrogen (secondary N) is 1. The number of amides is 1. The van der Waals surface area contributed by atoms with Crippen molar-refractivity contribution in [1.82, 2.24) is 4.98 Å². The number of ether oxygens (including phenoxy) is 1. The maximum absolute atomic E-state index is 12.6. The summed E-state index contributed by atoms with van der Waals surface area (Å²) in [7, 11) is 0. The molecule has 0 saturated carbocycles. The largest absolute Gasteiger partial charge is 0.507 e. The fraction of sp³-hybridized carbons (Fsp3) is 0.167.